The fraction of sp³-hybridized carbons (Fsp3) is 0.0769. The maximum Gasteiger partial charge on any atom is 0.135 e. The van der Waals surface area contributed by atoms with Crippen LogP contribution in [-0.2, 0) is 11.8 Å². The third-order valence-corrected chi connectivity index (χ3v) is 5.43. The van der Waals surface area contributed by atoms with E-state index in [1.807, 2.05) is 72.8 Å². The quantitative estimate of drug-likeness (QED) is 0.286. The number of ether oxygens (including phenoxy) is 1. The van der Waals surface area contributed by atoms with Gasteiger partial charge in [0.15, 0.2) is 0 Å². The van der Waals surface area contributed by atoms with Gasteiger partial charge in [0.25, 0.3) is 0 Å². The number of benzene rings is 4. The number of hydrogen-bond donors (Lipinski definition) is 0. The first-order valence-electron chi connectivity index (χ1n) is 9.46. The van der Waals surface area contributed by atoms with Crippen molar-refractivity contribution in [3.05, 3.63) is 108 Å². The molecule has 0 bridgehead atoms. The second kappa shape index (κ2) is 9.17. The van der Waals surface area contributed by atoms with Crippen molar-refractivity contribution in [1.82, 2.24) is 0 Å². The summed E-state index contributed by atoms with van der Waals surface area (Å²) < 4.78 is 6.52. The van der Waals surface area contributed by atoms with Gasteiger partial charge in [-0.05, 0) is 34.4 Å². The summed E-state index contributed by atoms with van der Waals surface area (Å²) in [5.41, 5.74) is 6.24. The molecule has 0 atom stereocenters. The third kappa shape index (κ3) is 4.17. The second-order valence-corrected chi connectivity index (χ2v) is 7.22. The molecule has 4 aromatic rings. The third-order valence-electron chi connectivity index (χ3n) is 4.86. The van der Waals surface area contributed by atoms with E-state index in [4.69, 9.17) is 27.9 Å². The lowest BCUT2D eigenvalue weighted by Gasteiger charge is -2.18. The van der Waals surface area contributed by atoms with Crippen molar-refractivity contribution in [1.29, 1.82) is 0 Å². The van der Waals surface area contributed by atoms with Gasteiger partial charge in [0.05, 0.1) is 0 Å². The summed E-state index contributed by atoms with van der Waals surface area (Å²) in [6.45, 7) is 0. The van der Waals surface area contributed by atoms with Crippen LogP contribution in [0.4, 0.5) is 0 Å². The Kier molecular flexibility index (Phi) is 6.19. The zero-order valence-corrected chi connectivity index (χ0v) is 17.3. The molecule has 0 spiro atoms. The van der Waals surface area contributed by atoms with Crippen LogP contribution >= 0.6 is 23.2 Å². The van der Waals surface area contributed by atoms with Crippen LogP contribution in [0.15, 0.2) is 97.1 Å². The first-order chi connectivity index (χ1) is 14.3. The molecule has 3 heteroatoms. The van der Waals surface area contributed by atoms with Crippen LogP contribution in [0.3, 0.4) is 0 Å². The van der Waals surface area contributed by atoms with Crippen molar-refractivity contribution < 1.29 is 4.74 Å². The fourth-order valence-electron chi connectivity index (χ4n) is 3.53. The predicted octanol–water partition coefficient (Wildman–Crippen LogP) is 8.29. The van der Waals surface area contributed by atoms with E-state index in [0.717, 1.165) is 44.9 Å². The minimum atomic E-state index is 0.411. The molecule has 0 N–H and O–H groups in total. The molecule has 0 radical (unpaired) electrons. The number of hydrogen-bond acceptors (Lipinski definition) is 1. The van der Waals surface area contributed by atoms with Crippen molar-refractivity contribution >= 4 is 23.2 Å². The van der Waals surface area contributed by atoms with Gasteiger partial charge in [0.1, 0.15) is 11.5 Å². The maximum atomic E-state index is 6.52. The topological polar surface area (TPSA) is 9.23 Å². The van der Waals surface area contributed by atoms with Crippen LogP contribution in [0, 0.1) is 0 Å². The van der Waals surface area contributed by atoms with Gasteiger partial charge < -0.3 is 4.74 Å². The Labute approximate surface area is 181 Å². The summed E-state index contributed by atoms with van der Waals surface area (Å²) in [6, 6.07) is 32.4. The Morgan fingerprint density at radius 2 is 0.897 bits per heavy atom. The molecule has 0 unspecified atom stereocenters. The average molecular weight is 419 g/mol. The fourth-order valence-corrected chi connectivity index (χ4v) is 3.97. The van der Waals surface area contributed by atoms with Crippen molar-refractivity contribution in [3.8, 4) is 33.8 Å². The van der Waals surface area contributed by atoms with Gasteiger partial charge >= 0.3 is 0 Å². The molecular weight excluding hydrogens is 399 g/mol. The van der Waals surface area contributed by atoms with E-state index in [1.54, 1.807) is 0 Å². The standard InChI is InChI=1S/C26H20Cl2O/c27-17-21-13-7-15-23(25(21)19-9-3-1-4-10-19)29-24-16-8-14-22(18-28)26(24)20-11-5-2-6-12-20/h1-16H,17-18H2. The predicted molar refractivity (Wildman–Crippen MR) is 123 cm³/mol. The molecule has 1 nitrogen and oxygen atoms in total. The molecule has 0 fully saturated rings. The lowest BCUT2D eigenvalue weighted by molar-refractivity contribution is 0.485. The Bertz CT molecular complexity index is 1000. The van der Waals surface area contributed by atoms with Gasteiger partial charge in [-0.25, -0.2) is 0 Å². The Morgan fingerprint density at radius 3 is 1.28 bits per heavy atom. The van der Waals surface area contributed by atoms with Gasteiger partial charge in [-0.1, -0.05) is 84.9 Å². The SMILES string of the molecule is ClCc1cccc(Oc2cccc(CCl)c2-c2ccccc2)c1-c1ccccc1. The van der Waals surface area contributed by atoms with E-state index in [1.165, 1.54) is 0 Å². The van der Waals surface area contributed by atoms with E-state index in [-0.39, 0.29) is 0 Å². The Balaban J connectivity index is 1.86. The van der Waals surface area contributed by atoms with Crippen LogP contribution in [0.1, 0.15) is 11.1 Å². The molecule has 0 aliphatic heterocycles. The van der Waals surface area contributed by atoms with E-state index in [0.29, 0.717) is 11.8 Å². The summed E-state index contributed by atoms with van der Waals surface area (Å²) in [5.74, 6) is 2.38. The molecule has 0 aromatic heterocycles. The van der Waals surface area contributed by atoms with Gasteiger partial charge in [0.2, 0.25) is 0 Å². The summed E-state index contributed by atoms with van der Waals surface area (Å²) in [5, 5.41) is 0. The monoisotopic (exact) mass is 418 g/mol. The first kappa shape index (κ1) is 19.6. The molecule has 0 saturated carbocycles. The van der Waals surface area contributed by atoms with E-state index in [2.05, 4.69) is 24.3 Å². The molecule has 0 saturated heterocycles. The highest BCUT2D eigenvalue weighted by Gasteiger charge is 2.16. The van der Waals surface area contributed by atoms with E-state index in [9.17, 15) is 0 Å². The molecular formula is C26H20Cl2O. The molecule has 4 aromatic carbocycles. The lowest BCUT2D eigenvalue weighted by atomic mass is 9.98. The van der Waals surface area contributed by atoms with Crippen LogP contribution in [-0.4, -0.2) is 0 Å². The summed E-state index contributed by atoms with van der Waals surface area (Å²) in [7, 11) is 0. The highest BCUT2D eigenvalue weighted by atomic mass is 35.5. The minimum Gasteiger partial charge on any atom is -0.456 e. The van der Waals surface area contributed by atoms with E-state index < -0.39 is 0 Å². The first-order valence-corrected chi connectivity index (χ1v) is 10.5. The maximum absolute atomic E-state index is 6.52. The van der Waals surface area contributed by atoms with Gasteiger partial charge in [-0.3, -0.25) is 0 Å². The molecule has 144 valence electrons. The van der Waals surface area contributed by atoms with Crippen molar-refractivity contribution in [2.75, 3.05) is 0 Å². The lowest BCUT2D eigenvalue weighted by Crippen LogP contribution is -1.96. The van der Waals surface area contributed by atoms with Crippen LogP contribution in [0.25, 0.3) is 22.3 Å². The van der Waals surface area contributed by atoms with Crippen molar-refractivity contribution in [2.24, 2.45) is 0 Å². The van der Waals surface area contributed by atoms with Crippen LogP contribution in [0.2, 0.25) is 0 Å². The molecule has 4 rings (SSSR count). The highest BCUT2D eigenvalue weighted by molar-refractivity contribution is 6.18. The van der Waals surface area contributed by atoms with Crippen molar-refractivity contribution in [2.45, 2.75) is 11.8 Å². The van der Waals surface area contributed by atoms with Crippen molar-refractivity contribution in [3.63, 3.8) is 0 Å². The van der Waals surface area contributed by atoms with Gasteiger partial charge in [-0.2, -0.15) is 0 Å². The molecule has 29 heavy (non-hydrogen) atoms. The zero-order valence-electron chi connectivity index (χ0n) is 15.8. The molecule has 0 amide bonds. The smallest absolute Gasteiger partial charge is 0.135 e. The second-order valence-electron chi connectivity index (χ2n) is 6.68. The van der Waals surface area contributed by atoms with Crippen LogP contribution in [0.5, 0.6) is 11.5 Å². The summed E-state index contributed by atoms with van der Waals surface area (Å²) >= 11 is 12.5. The number of halogens is 2. The van der Waals surface area contributed by atoms with Crippen LogP contribution < -0.4 is 4.74 Å². The number of alkyl halides is 2. The number of rotatable bonds is 6. The minimum absolute atomic E-state index is 0.411. The van der Waals surface area contributed by atoms with E-state index >= 15 is 0 Å². The average Bonchev–Trinajstić information content (AvgIpc) is 2.80. The highest BCUT2D eigenvalue weighted by Crippen LogP contribution is 2.41. The summed E-state index contributed by atoms with van der Waals surface area (Å²) in [6.07, 6.45) is 0. The Morgan fingerprint density at radius 1 is 0.483 bits per heavy atom. The normalized spacial score (nSPS) is 10.7. The molecule has 0 aliphatic carbocycles. The van der Waals surface area contributed by atoms with Gasteiger partial charge in [0, 0.05) is 22.9 Å². The zero-order chi connectivity index (χ0) is 20.1. The molecule has 0 heterocycles. The largest absolute Gasteiger partial charge is 0.456 e. The molecule has 0 aliphatic rings. The summed E-state index contributed by atoms with van der Waals surface area (Å²) in [4.78, 5) is 0. The van der Waals surface area contributed by atoms with Gasteiger partial charge in [-0.15, -0.1) is 23.2 Å². The Hall–Kier alpha value is -2.74.